The molecule has 0 N–H and O–H groups in total. The number of hydrogen-bond donors (Lipinski definition) is 0. The third-order valence-corrected chi connectivity index (χ3v) is 4.78. The minimum absolute atomic E-state index is 0.175. The number of nitrogens with zero attached hydrogens (tertiary/aromatic N) is 1. The van der Waals surface area contributed by atoms with Crippen LogP contribution in [0.5, 0.6) is 5.75 Å². The van der Waals surface area contributed by atoms with Crippen LogP contribution in [0.15, 0.2) is 60.7 Å². The lowest BCUT2D eigenvalue weighted by atomic mass is 10.0. The maximum Gasteiger partial charge on any atom is 0.328 e. The van der Waals surface area contributed by atoms with E-state index in [1.807, 2.05) is 54.6 Å². The Balaban J connectivity index is 1.63. The molecule has 1 saturated heterocycles. The first-order chi connectivity index (χ1) is 13.7. The summed E-state index contributed by atoms with van der Waals surface area (Å²) in [4.78, 5) is 26.1. The molecule has 0 saturated carbocycles. The standard InChI is InChI=1S/C23H25NO4/c1-27-23(26)21-12-5-6-15-24(21)22(25)14-13-18-10-7-11-20(16-18)28-17-19-8-3-2-4-9-19/h2-4,7-11,13-14,16,21H,5-6,12,15,17H2,1H3/b14-13+. The molecule has 1 unspecified atom stereocenters. The van der Waals surface area contributed by atoms with Gasteiger partial charge < -0.3 is 14.4 Å². The molecule has 28 heavy (non-hydrogen) atoms. The summed E-state index contributed by atoms with van der Waals surface area (Å²) >= 11 is 0. The first kappa shape index (κ1) is 19.7. The Labute approximate surface area is 165 Å². The first-order valence-electron chi connectivity index (χ1n) is 9.50. The molecule has 3 rings (SSSR count). The summed E-state index contributed by atoms with van der Waals surface area (Å²) in [6.07, 6.45) is 5.73. The number of carbonyl (C=O) groups excluding carboxylic acids is 2. The number of methoxy groups -OCH3 is 1. The molecule has 1 aliphatic rings. The van der Waals surface area contributed by atoms with Crippen LogP contribution in [0, 0.1) is 0 Å². The first-order valence-corrected chi connectivity index (χ1v) is 9.50. The molecule has 0 spiro atoms. The number of hydrogen-bond acceptors (Lipinski definition) is 4. The van der Waals surface area contributed by atoms with E-state index in [1.165, 1.54) is 13.2 Å². The molecule has 1 heterocycles. The van der Waals surface area contributed by atoms with Crippen molar-refractivity contribution in [2.24, 2.45) is 0 Å². The molecule has 2 aromatic rings. The Kier molecular flexibility index (Phi) is 6.84. The van der Waals surface area contributed by atoms with Crippen LogP contribution in [-0.2, 0) is 20.9 Å². The fraction of sp³-hybridized carbons (Fsp3) is 0.304. The Morgan fingerprint density at radius 3 is 2.71 bits per heavy atom. The fourth-order valence-corrected chi connectivity index (χ4v) is 3.29. The molecule has 0 aromatic heterocycles. The highest BCUT2D eigenvalue weighted by molar-refractivity contribution is 5.94. The third kappa shape index (κ3) is 5.22. The average Bonchev–Trinajstić information content (AvgIpc) is 2.76. The second-order valence-corrected chi connectivity index (χ2v) is 6.75. The molecule has 0 bridgehead atoms. The van der Waals surface area contributed by atoms with Crippen molar-refractivity contribution in [1.82, 2.24) is 4.90 Å². The Morgan fingerprint density at radius 1 is 1.11 bits per heavy atom. The highest BCUT2D eigenvalue weighted by Gasteiger charge is 2.31. The summed E-state index contributed by atoms with van der Waals surface area (Å²) in [5.41, 5.74) is 1.96. The van der Waals surface area contributed by atoms with Crippen LogP contribution < -0.4 is 4.74 Å². The van der Waals surface area contributed by atoms with E-state index in [1.54, 1.807) is 11.0 Å². The molecule has 2 aromatic carbocycles. The van der Waals surface area contributed by atoms with Gasteiger partial charge in [-0.25, -0.2) is 4.79 Å². The lowest BCUT2D eigenvalue weighted by Gasteiger charge is -2.32. The third-order valence-electron chi connectivity index (χ3n) is 4.78. The Bertz CT molecular complexity index is 832. The second kappa shape index (κ2) is 9.74. The van der Waals surface area contributed by atoms with Gasteiger partial charge in [-0.05, 0) is 48.6 Å². The van der Waals surface area contributed by atoms with Gasteiger partial charge in [-0.2, -0.15) is 0 Å². The minimum Gasteiger partial charge on any atom is -0.489 e. The van der Waals surface area contributed by atoms with Crippen LogP contribution in [0.4, 0.5) is 0 Å². The molecule has 1 amide bonds. The second-order valence-electron chi connectivity index (χ2n) is 6.75. The van der Waals surface area contributed by atoms with Crippen LogP contribution in [0.1, 0.15) is 30.4 Å². The number of benzene rings is 2. The molecular formula is C23H25NO4. The summed E-state index contributed by atoms with van der Waals surface area (Å²) < 4.78 is 10.7. The van der Waals surface area contributed by atoms with Crippen molar-refractivity contribution < 1.29 is 19.1 Å². The average molecular weight is 379 g/mol. The molecule has 5 nitrogen and oxygen atoms in total. The zero-order chi connectivity index (χ0) is 19.8. The van der Waals surface area contributed by atoms with Crippen molar-refractivity contribution in [1.29, 1.82) is 0 Å². The van der Waals surface area contributed by atoms with E-state index in [0.29, 0.717) is 19.6 Å². The predicted octanol–water partition coefficient (Wildman–Crippen LogP) is 3.83. The minimum atomic E-state index is -0.489. The van der Waals surface area contributed by atoms with Crippen LogP contribution in [0.3, 0.4) is 0 Å². The number of likely N-dealkylation sites (tertiary alicyclic amines) is 1. The Morgan fingerprint density at radius 2 is 1.93 bits per heavy atom. The summed E-state index contributed by atoms with van der Waals surface area (Å²) in [6, 6.07) is 17.0. The van der Waals surface area contributed by atoms with Crippen LogP contribution in [0.25, 0.3) is 6.08 Å². The molecule has 0 radical (unpaired) electrons. The van der Waals surface area contributed by atoms with Gasteiger partial charge in [0.2, 0.25) is 5.91 Å². The lowest BCUT2D eigenvalue weighted by molar-refractivity contribution is -0.153. The number of carbonyl (C=O) groups is 2. The van der Waals surface area contributed by atoms with Gasteiger partial charge in [0.05, 0.1) is 7.11 Å². The smallest absolute Gasteiger partial charge is 0.328 e. The number of ether oxygens (including phenoxy) is 2. The monoisotopic (exact) mass is 379 g/mol. The van der Waals surface area contributed by atoms with E-state index in [2.05, 4.69) is 0 Å². The maximum atomic E-state index is 12.6. The van der Waals surface area contributed by atoms with Gasteiger partial charge in [0.1, 0.15) is 18.4 Å². The zero-order valence-corrected chi connectivity index (χ0v) is 16.0. The normalized spacial score (nSPS) is 16.8. The molecule has 1 aliphatic heterocycles. The van der Waals surface area contributed by atoms with E-state index < -0.39 is 6.04 Å². The van der Waals surface area contributed by atoms with Crippen LogP contribution >= 0.6 is 0 Å². The summed E-state index contributed by atoms with van der Waals surface area (Å²) in [6.45, 7) is 1.06. The van der Waals surface area contributed by atoms with Gasteiger partial charge in [0, 0.05) is 12.6 Å². The topological polar surface area (TPSA) is 55.8 Å². The molecule has 5 heteroatoms. The van der Waals surface area contributed by atoms with Crippen molar-refractivity contribution in [3.05, 3.63) is 71.8 Å². The van der Waals surface area contributed by atoms with Crippen LogP contribution in [0.2, 0.25) is 0 Å². The van der Waals surface area contributed by atoms with Gasteiger partial charge in [0.15, 0.2) is 0 Å². The number of amides is 1. The predicted molar refractivity (Wildman–Crippen MR) is 108 cm³/mol. The molecule has 1 fully saturated rings. The SMILES string of the molecule is COC(=O)C1CCCCN1C(=O)/C=C/c1cccc(OCc2ccccc2)c1. The number of piperidine rings is 1. The van der Waals surface area contributed by atoms with Crippen molar-refractivity contribution in [2.75, 3.05) is 13.7 Å². The molecular weight excluding hydrogens is 354 g/mol. The highest BCUT2D eigenvalue weighted by Crippen LogP contribution is 2.20. The number of esters is 1. The van der Waals surface area contributed by atoms with E-state index in [9.17, 15) is 9.59 Å². The van der Waals surface area contributed by atoms with Gasteiger partial charge >= 0.3 is 5.97 Å². The molecule has 0 aliphatic carbocycles. The quantitative estimate of drug-likeness (QED) is 0.565. The largest absolute Gasteiger partial charge is 0.489 e. The lowest BCUT2D eigenvalue weighted by Crippen LogP contribution is -2.47. The number of rotatable bonds is 6. The molecule has 1 atom stereocenters. The van der Waals surface area contributed by atoms with Crippen molar-refractivity contribution in [3.8, 4) is 5.75 Å². The fourth-order valence-electron chi connectivity index (χ4n) is 3.29. The Hall–Kier alpha value is -3.08. The summed E-state index contributed by atoms with van der Waals surface area (Å²) in [7, 11) is 1.36. The zero-order valence-electron chi connectivity index (χ0n) is 16.0. The highest BCUT2D eigenvalue weighted by atomic mass is 16.5. The van der Waals surface area contributed by atoms with Crippen molar-refractivity contribution >= 4 is 18.0 Å². The summed E-state index contributed by atoms with van der Waals surface area (Å²) in [5.74, 6) is 0.215. The van der Waals surface area contributed by atoms with Gasteiger partial charge in [-0.1, -0.05) is 42.5 Å². The van der Waals surface area contributed by atoms with E-state index >= 15 is 0 Å². The van der Waals surface area contributed by atoms with Crippen molar-refractivity contribution in [3.63, 3.8) is 0 Å². The van der Waals surface area contributed by atoms with Crippen molar-refractivity contribution in [2.45, 2.75) is 31.9 Å². The summed E-state index contributed by atoms with van der Waals surface area (Å²) in [5, 5.41) is 0. The van der Waals surface area contributed by atoms with E-state index in [-0.39, 0.29) is 11.9 Å². The van der Waals surface area contributed by atoms with Gasteiger partial charge in [-0.15, -0.1) is 0 Å². The van der Waals surface area contributed by atoms with Gasteiger partial charge in [0.25, 0.3) is 0 Å². The van der Waals surface area contributed by atoms with Crippen LogP contribution in [-0.4, -0.2) is 36.5 Å². The maximum absolute atomic E-state index is 12.6. The molecule has 146 valence electrons. The van der Waals surface area contributed by atoms with E-state index in [4.69, 9.17) is 9.47 Å². The van der Waals surface area contributed by atoms with E-state index in [0.717, 1.165) is 29.7 Å². The van der Waals surface area contributed by atoms with Gasteiger partial charge in [-0.3, -0.25) is 4.79 Å².